The van der Waals surface area contributed by atoms with Crippen molar-refractivity contribution in [3.8, 4) is 0 Å². The molecule has 0 aromatic heterocycles. The average Bonchev–Trinajstić information content (AvgIpc) is 2.79. The fraction of sp³-hybridized carbons (Fsp3) is 0.364. The van der Waals surface area contributed by atoms with Crippen molar-refractivity contribution in [3.05, 3.63) is 43.9 Å². The minimum atomic E-state index is -6.09. The van der Waals surface area contributed by atoms with Crippen LogP contribution in [-0.2, 0) is 30.5 Å². The summed E-state index contributed by atoms with van der Waals surface area (Å²) >= 11 is 0. The molecule has 2 aliphatic carbocycles. The van der Waals surface area contributed by atoms with Gasteiger partial charge in [-0.25, -0.2) is 28.0 Å². The Hall–Kier alpha value is -0.548. The molecule has 0 unspecified atom stereocenters. The molecule has 8 heteroatoms. The van der Waals surface area contributed by atoms with E-state index in [0.717, 1.165) is 11.8 Å². The average molecular weight is 389 g/mol. The number of halogens is 3. The fourth-order valence-electron chi connectivity index (χ4n) is 1.33. The first-order chi connectivity index (χ1) is 8.11. The van der Waals surface area contributed by atoms with Crippen LogP contribution >= 0.6 is 0 Å². The Morgan fingerprint density at radius 3 is 1.47 bits per heavy atom. The maximum atomic E-state index is 10.7. The predicted octanol–water partition coefficient (Wildman–Crippen LogP) is 2.80. The van der Waals surface area contributed by atoms with Crippen molar-refractivity contribution < 1.29 is 46.6 Å². The number of fused-ring (bicyclic) bond motifs is 2. The van der Waals surface area contributed by atoms with Crippen molar-refractivity contribution >= 4 is 10.1 Å². The van der Waals surface area contributed by atoms with Gasteiger partial charge in [-0.3, -0.25) is 0 Å². The van der Waals surface area contributed by atoms with Gasteiger partial charge in [0, 0.05) is 0 Å². The van der Waals surface area contributed by atoms with Crippen molar-refractivity contribution in [1.29, 1.82) is 0 Å². The van der Waals surface area contributed by atoms with E-state index in [1.165, 1.54) is 12.5 Å². The summed E-state index contributed by atoms with van der Waals surface area (Å²) in [4.78, 5) is 0. The minimum Gasteiger partial charge on any atom is -0.741 e. The zero-order chi connectivity index (χ0) is 14.4. The molecule has 0 radical (unpaired) electrons. The van der Waals surface area contributed by atoms with Crippen LogP contribution in [0.25, 0.3) is 0 Å². The molecule has 0 fully saturated rings. The summed E-state index contributed by atoms with van der Waals surface area (Å²) in [5.41, 5.74) is -5.65. The topological polar surface area (TPSA) is 57.2 Å². The number of hydrogen-bond donors (Lipinski definition) is 0. The van der Waals surface area contributed by atoms with Gasteiger partial charge in [-0.2, -0.15) is 13.2 Å². The van der Waals surface area contributed by atoms with Gasteiger partial charge in [-0.05, 0) is 18.3 Å². The molecule has 2 aliphatic rings. The van der Waals surface area contributed by atoms with Crippen molar-refractivity contribution in [2.75, 3.05) is 0 Å². The molecule has 3 nitrogen and oxygen atoms in total. The molecule has 0 saturated carbocycles. The first kappa shape index (κ1) is 20.8. The van der Waals surface area contributed by atoms with Crippen LogP contribution in [0.15, 0.2) is 37.0 Å². The van der Waals surface area contributed by atoms with Gasteiger partial charge in [0.1, 0.15) is 0 Å². The van der Waals surface area contributed by atoms with Crippen LogP contribution in [0.2, 0.25) is 0 Å². The first-order valence-corrected chi connectivity index (χ1v) is 6.31. The van der Waals surface area contributed by atoms with E-state index in [9.17, 15) is 13.2 Å². The van der Waals surface area contributed by atoms with E-state index in [1.807, 2.05) is 0 Å². The van der Waals surface area contributed by atoms with Crippen LogP contribution in [0, 0.1) is 18.8 Å². The quantitative estimate of drug-likeness (QED) is 0.211. The molecule has 0 N–H and O–H groups in total. The molecule has 0 heterocycles. The monoisotopic (exact) mass is 388 g/mol. The smallest absolute Gasteiger partial charge is 0.741 e. The van der Waals surface area contributed by atoms with Crippen molar-refractivity contribution in [3.63, 3.8) is 0 Å². The number of hydrogen-bond acceptors (Lipinski definition) is 3. The van der Waals surface area contributed by atoms with Crippen molar-refractivity contribution in [1.82, 2.24) is 0 Å². The molecule has 0 amide bonds. The third-order valence-electron chi connectivity index (χ3n) is 2.04. The van der Waals surface area contributed by atoms with E-state index >= 15 is 0 Å². The molecular weight excluding hydrogens is 376 g/mol. The summed E-state index contributed by atoms with van der Waals surface area (Å²) < 4.78 is 58.9. The van der Waals surface area contributed by atoms with Gasteiger partial charge in [0.15, 0.2) is 10.1 Å². The van der Waals surface area contributed by atoms with Crippen LogP contribution in [0.3, 0.4) is 0 Å². The number of allylic oxidation sites excluding steroid dienone is 5. The summed E-state index contributed by atoms with van der Waals surface area (Å²) in [7, 11) is -6.09. The van der Waals surface area contributed by atoms with Gasteiger partial charge in [0.25, 0.3) is 0 Å². The molecule has 112 valence electrons. The Morgan fingerprint density at radius 1 is 1.21 bits per heavy atom. The second-order valence-electron chi connectivity index (χ2n) is 3.52. The molecular formula is C11H13F3O3PdS. The molecule has 19 heavy (non-hydrogen) atoms. The normalized spacial score (nSPS) is 22.5. The molecule has 2 rings (SSSR count). The Morgan fingerprint density at radius 2 is 1.42 bits per heavy atom. The second kappa shape index (κ2) is 8.59. The summed E-state index contributed by atoms with van der Waals surface area (Å²) in [6.07, 6.45) is 12.0. The Labute approximate surface area is 124 Å². The van der Waals surface area contributed by atoms with Gasteiger partial charge in [-0.1, -0.05) is 24.3 Å². The zero-order valence-electron chi connectivity index (χ0n) is 9.75. The third-order valence-corrected chi connectivity index (χ3v) is 2.61. The van der Waals surface area contributed by atoms with Crippen molar-refractivity contribution in [2.45, 2.75) is 11.9 Å². The summed E-state index contributed by atoms with van der Waals surface area (Å²) in [6, 6.07) is 0. The molecule has 0 spiro atoms. The van der Waals surface area contributed by atoms with Gasteiger partial charge < -0.3 is 4.55 Å². The van der Waals surface area contributed by atoms with Crippen LogP contribution in [0.4, 0.5) is 13.2 Å². The largest absolute Gasteiger partial charge is 2.00 e. The summed E-state index contributed by atoms with van der Waals surface area (Å²) in [5.74, 6) is 1.62. The predicted molar refractivity (Wildman–Crippen MR) is 61.2 cm³/mol. The van der Waals surface area contributed by atoms with Gasteiger partial charge >= 0.3 is 25.9 Å². The molecule has 0 aliphatic heterocycles. The third kappa shape index (κ3) is 8.27. The van der Waals surface area contributed by atoms with E-state index < -0.39 is 15.6 Å². The Bertz CT molecular complexity index is 399. The maximum Gasteiger partial charge on any atom is 2.00 e. The SMILES string of the molecule is C1=CC2C=CC1C2.C=C[CH2-].O=S(=O)([O-])C(F)(F)F.[Pd+2]. The Kier molecular flexibility index (Phi) is 9.39. The van der Waals surface area contributed by atoms with Gasteiger partial charge in [-0.15, -0.1) is 0 Å². The van der Waals surface area contributed by atoms with Crippen molar-refractivity contribution in [2.24, 2.45) is 11.8 Å². The minimum absolute atomic E-state index is 0. The van der Waals surface area contributed by atoms with E-state index in [4.69, 9.17) is 13.0 Å². The van der Waals surface area contributed by atoms with Crippen LogP contribution in [-0.4, -0.2) is 18.5 Å². The Balaban J connectivity index is 0. The number of alkyl halides is 3. The molecule has 0 aromatic rings. The van der Waals surface area contributed by atoms with E-state index in [-0.39, 0.29) is 20.4 Å². The first-order valence-electron chi connectivity index (χ1n) is 4.90. The molecule has 0 saturated heterocycles. The van der Waals surface area contributed by atoms with Crippen LogP contribution in [0.5, 0.6) is 0 Å². The van der Waals surface area contributed by atoms with E-state index in [2.05, 4.69) is 37.8 Å². The standard InChI is InChI=1S/C7H8.C3H5.CHF3O3S.Pd/c1-2-7-4-3-6(1)5-7;1-3-2;2-1(3,4)8(5,6)7;/h1-4,6-7H,5H2;3H,1-2H2;(H,5,6,7);/q;-1;;+2/p-1. The van der Waals surface area contributed by atoms with Gasteiger partial charge in [0.05, 0.1) is 0 Å². The fourth-order valence-corrected chi connectivity index (χ4v) is 1.33. The molecule has 0 aromatic carbocycles. The molecule has 2 bridgehead atoms. The zero-order valence-corrected chi connectivity index (χ0v) is 12.1. The van der Waals surface area contributed by atoms with Crippen LogP contribution < -0.4 is 0 Å². The second-order valence-corrected chi connectivity index (χ2v) is 4.89. The molecule has 0 atom stereocenters. The van der Waals surface area contributed by atoms with Crippen LogP contribution in [0.1, 0.15) is 6.42 Å². The maximum absolute atomic E-state index is 10.7. The van der Waals surface area contributed by atoms with Gasteiger partial charge in [0.2, 0.25) is 0 Å². The number of rotatable bonds is 0. The van der Waals surface area contributed by atoms with E-state index in [1.54, 1.807) is 0 Å². The summed E-state index contributed by atoms with van der Waals surface area (Å²) in [5, 5.41) is 0. The summed E-state index contributed by atoms with van der Waals surface area (Å²) in [6.45, 7) is 6.50. The van der Waals surface area contributed by atoms with E-state index in [0.29, 0.717) is 0 Å².